The molecule has 2 heterocycles. The van der Waals surface area contributed by atoms with Crippen LogP contribution in [0.2, 0.25) is 0 Å². The lowest BCUT2D eigenvalue weighted by atomic mass is 9.93. The van der Waals surface area contributed by atoms with Crippen molar-refractivity contribution in [2.24, 2.45) is 5.73 Å². The average Bonchev–Trinajstić information content (AvgIpc) is 3.38. The maximum atomic E-state index is 13.4. The number of piperidine rings is 1. The van der Waals surface area contributed by atoms with Gasteiger partial charge in [0, 0.05) is 12.5 Å². The van der Waals surface area contributed by atoms with Gasteiger partial charge in [0.05, 0.1) is 6.04 Å². The molecule has 1 aromatic heterocycles. The normalized spacial score (nSPS) is 18.0. The van der Waals surface area contributed by atoms with Gasteiger partial charge < -0.3 is 35.8 Å². The molecule has 11 heteroatoms. The SMILES string of the molecule is C=C1CCCN(C(=O)NC(C(=O)O)[C@H](C)c2ccc(O)cc2)[C@@H]1c1nc([C@@H](N)Cc2ccc(O)cc2)no1. The standard InChI is InChI=1S/C27H31N5O6/c1-15-4-3-13-32(27(37)29-22(26(35)36)16(2)18-7-11-20(34)12-8-18)23(15)25-30-24(31-38-25)21(28)14-17-5-9-19(33)10-6-17/h5-12,16,21-23,33-34H,1,3-4,13-14,28H2,2H3,(H,29,37)(H,35,36)/t16-,21+,22?,23+/m1/s1. The molecular weight excluding hydrogens is 490 g/mol. The number of benzene rings is 2. The highest BCUT2D eigenvalue weighted by atomic mass is 16.5. The highest BCUT2D eigenvalue weighted by Crippen LogP contribution is 2.34. The largest absolute Gasteiger partial charge is 0.508 e. The number of nitrogens with one attached hydrogen (secondary N) is 1. The zero-order valence-corrected chi connectivity index (χ0v) is 20.9. The molecule has 0 spiro atoms. The van der Waals surface area contributed by atoms with Crippen LogP contribution in [0.4, 0.5) is 4.79 Å². The van der Waals surface area contributed by atoms with E-state index < -0.39 is 36.0 Å². The molecular formula is C27H31N5O6. The number of urea groups is 1. The van der Waals surface area contributed by atoms with E-state index in [1.807, 2.05) is 0 Å². The van der Waals surface area contributed by atoms with E-state index in [4.69, 9.17) is 10.3 Å². The van der Waals surface area contributed by atoms with Gasteiger partial charge in [-0.25, -0.2) is 9.59 Å². The molecule has 1 saturated heterocycles. The smallest absolute Gasteiger partial charge is 0.326 e. The van der Waals surface area contributed by atoms with E-state index >= 15 is 0 Å². The Morgan fingerprint density at radius 3 is 2.42 bits per heavy atom. The highest BCUT2D eigenvalue weighted by molar-refractivity contribution is 5.84. The van der Waals surface area contributed by atoms with E-state index in [1.165, 1.54) is 17.0 Å². The first kappa shape index (κ1) is 26.7. The van der Waals surface area contributed by atoms with E-state index in [1.54, 1.807) is 43.3 Å². The fourth-order valence-electron chi connectivity index (χ4n) is 4.56. The van der Waals surface area contributed by atoms with Crippen molar-refractivity contribution in [3.63, 3.8) is 0 Å². The first-order chi connectivity index (χ1) is 18.1. The number of aromatic hydroxyl groups is 2. The minimum absolute atomic E-state index is 0.0632. The van der Waals surface area contributed by atoms with E-state index in [0.29, 0.717) is 36.9 Å². The van der Waals surface area contributed by atoms with E-state index in [2.05, 4.69) is 22.0 Å². The van der Waals surface area contributed by atoms with Crippen LogP contribution in [-0.2, 0) is 11.2 Å². The quantitative estimate of drug-likeness (QED) is 0.278. The number of carbonyl (C=O) groups excluding carboxylic acids is 1. The van der Waals surface area contributed by atoms with E-state index in [0.717, 1.165) is 5.56 Å². The molecule has 2 amide bonds. The zero-order chi connectivity index (χ0) is 27.4. The molecule has 0 bridgehead atoms. The number of carbonyl (C=O) groups is 2. The van der Waals surface area contributed by atoms with Crippen molar-refractivity contribution in [2.45, 2.75) is 50.2 Å². The molecule has 38 heavy (non-hydrogen) atoms. The summed E-state index contributed by atoms with van der Waals surface area (Å²) in [5.74, 6) is -1.13. The molecule has 1 aliphatic heterocycles. The van der Waals surface area contributed by atoms with E-state index in [9.17, 15) is 24.9 Å². The van der Waals surface area contributed by atoms with Gasteiger partial charge in [0.25, 0.3) is 5.89 Å². The minimum Gasteiger partial charge on any atom is -0.508 e. The molecule has 0 radical (unpaired) electrons. The van der Waals surface area contributed by atoms with Crippen molar-refractivity contribution in [1.82, 2.24) is 20.4 Å². The summed E-state index contributed by atoms with van der Waals surface area (Å²) in [4.78, 5) is 31.4. The van der Waals surface area contributed by atoms with Gasteiger partial charge in [-0.3, -0.25) is 0 Å². The number of rotatable bonds is 8. The second-order valence-corrected chi connectivity index (χ2v) is 9.47. The number of hydrogen-bond donors (Lipinski definition) is 5. The van der Waals surface area contributed by atoms with Crippen LogP contribution in [0.25, 0.3) is 0 Å². The third-order valence-electron chi connectivity index (χ3n) is 6.74. The lowest BCUT2D eigenvalue weighted by molar-refractivity contribution is -0.139. The minimum atomic E-state index is -1.22. The van der Waals surface area contributed by atoms with Gasteiger partial charge in [0.15, 0.2) is 5.82 Å². The summed E-state index contributed by atoms with van der Waals surface area (Å²) in [6.45, 7) is 6.13. The van der Waals surface area contributed by atoms with Crippen molar-refractivity contribution < 1.29 is 29.4 Å². The molecule has 200 valence electrons. The second-order valence-electron chi connectivity index (χ2n) is 9.47. The number of nitrogens with zero attached hydrogens (tertiary/aromatic N) is 3. The molecule has 0 aliphatic carbocycles. The fourth-order valence-corrected chi connectivity index (χ4v) is 4.56. The molecule has 3 aromatic rings. The number of likely N-dealkylation sites (tertiary alicyclic amines) is 1. The molecule has 4 atom stereocenters. The van der Waals surface area contributed by atoms with Crippen LogP contribution < -0.4 is 11.1 Å². The lowest BCUT2D eigenvalue weighted by Gasteiger charge is -2.36. The Bertz CT molecular complexity index is 1290. The number of carboxylic acids is 1. The summed E-state index contributed by atoms with van der Waals surface area (Å²) >= 11 is 0. The van der Waals surface area contributed by atoms with Gasteiger partial charge in [-0.15, -0.1) is 0 Å². The first-order valence-corrected chi connectivity index (χ1v) is 12.3. The van der Waals surface area contributed by atoms with Crippen LogP contribution in [0, 0.1) is 0 Å². The second kappa shape index (κ2) is 11.3. The Kier molecular flexibility index (Phi) is 7.96. The van der Waals surface area contributed by atoms with Crippen molar-refractivity contribution in [3.05, 3.63) is 83.5 Å². The predicted molar refractivity (Wildman–Crippen MR) is 137 cm³/mol. The van der Waals surface area contributed by atoms with Gasteiger partial charge in [-0.1, -0.05) is 42.9 Å². The number of hydrogen-bond acceptors (Lipinski definition) is 8. The number of amides is 2. The summed E-state index contributed by atoms with van der Waals surface area (Å²) in [6.07, 6.45) is 1.69. The Morgan fingerprint density at radius 1 is 1.16 bits per heavy atom. The molecule has 1 unspecified atom stereocenters. The Morgan fingerprint density at radius 2 is 1.79 bits per heavy atom. The van der Waals surface area contributed by atoms with Crippen molar-refractivity contribution in [3.8, 4) is 11.5 Å². The predicted octanol–water partition coefficient (Wildman–Crippen LogP) is 3.38. The van der Waals surface area contributed by atoms with Crippen LogP contribution in [0.3, 0.4) is 0 Å². The lowest BCUT2D eigenvalue weighted by Crippen LogP contribution is -2.52. The molecule has 0 saturated carbocycles. The Labute approximate surface area is 219 Å². The first-order valence-electron chi connectivity index (χ1n) is 12.3. The van der Waals surface area contributed by atoms with Crippen LogP contribution in [0.15, 0.2) is 65.2 Å². The van der Waals surface area contributed by atoms with Crippen molar-refractivity contribution in [1.29, 1.82) is 0 Å². The summed E-state index contributed by atoms with van der Waals surface area (Å²) < 4.78 is 5.51. The van der Waals surface area contributed by atoms with Crippen molar-refractivity contribution >= 4 is 12.0 Å². The Hall–Kier alpha value is -4.38. The molecule has 6 N–H and O–H groups in total. The fraction of sp³-hybridized carbons (Fsp3) is 0.333. The van der Waals surface area contributed by atoms with Crippen LogP contribution in [-0.4, -0.2) is 54.9 Å². The molecule has 1 aliphatic rings. The monoisotopic (exact) mass is 521 g/mol. The van der Waals surface area contributed by atoms with Gasteiger partial charge >= 0.3 is 12.0 Å². The van der Waals surface area contributed by atoms with E-state index in [-0.39, 0.29) is 23.2 Å². The maximum absolute atomic E-state index is 13.4. The number of carboxylic acid groups (broad SMARTS) is 1. The third-order valence-corrected chi connectivity index (χ3v) is 6.74. The van der Waals surface area contributed by atoms with Gasteiger partial charge in [0.2, 0.25) is 0 Å². The number of phenolic OH excluding ortho intramolecular Hbond substituents is 2. The van der Waals surface area contributed by atoms with Crippen LogP contribution in [0.5, 0.6) is 11.5 Å². The highest BCUT2D eigenvalue weighted by Gasteiger charge is 2.37. The topological polar surface area (TPSA) is 175 Å². The number of nitrogens with two attached hydrogens (primary N) is 1. The summed E-state index contributed by atoms with van der Waals surface area (Å²) in [5.41, 5.74) is 8.51. The molecule has 1 fully saturated rings. The summed E-state index contributed by atoms with van der Waals surface area (Å²) in [6, 6.07) is 9.69. The zero-order valence-electron chi connectivity index (χ0n) is 20.9. The average molecular weight is 522 g/mol. The number of aromatic nitrogens is 2. The summed E-state index contributed by atoms with van der Waals surface area (Å²) in [7, 11) is 0. The van der Waals surface area contributed by atoms with Gasteiger partial charge in [0.1, 0.15) is 23.6 Å². The molecule has 11 nitrogen and oxygen atoms in total. The van der Waals surface area contributed by atoms with Crippen molar-refractivity contribution in [2.75, 3.05) is 6.54 Å². The molecule has 4 rings (SSSR count). The third kappa shape index (κ3) is 5.94. The van der Waals surface area contributed by atoms with Crippen LogP contribution >= 0.6 is 0 Å². The van der Waals surface area contributed by atoms with Gasteiger partial charge in [-0.05, 0) is 60.2 Å². The van der Waals surface area contributed by atoms with Crippen LogP contribution in [0.1, 0.15) is 60.6 Å². The number of aliphatic carboxylic acids is 1. The number of phenols is 2. The summed E-state index contributed by atoms with van der Waals surface area (Å²) in [5, 5.41) is 35.6. The van der Waals surface area contributed by atoms with Gasteiger partial charge in [-0.2, -0.15) is 4.98 Å². The molecule has 2 aromatic carbocycles. The maximum Gasteiger partial charge on any atom is 0.326 e. The Balaban J connectivity index is 1.51.